The van der Waals surface area contributed by atoms with Crippen LogP contribution in [0.25, 0.3) is 0 Å². The average Bonchev–Trinajstić information content (AvgIpc) is 2.45. The van der Waals surface area contributed by atoms with E-state index in [0.29, 0.717) is 28.9 Å². The van der Waals surface area contributed by atoms with E-state index in [1.807, 2.05) is 6.07 Å². The van der Waals surface area contributed by atoms with Gasteiger partial charge in [-0.2, -0.15) is 0 Å². The molecule has 1 atom stereocenters. The van der Waals surface area contributed by atoms with E-state index in [0.717, 1.165) is 31.6 Å². The summed E-state index contributed by atoms with van der Waals surface area (Å²) in [5.41, 5.74) is 0.986. The van der Waals surface area contributed by atoms with Gasteiger partial charge in [-0.05, 0) is 37.9 Å². The van der Waals surface area contributed by atoms with Gasteiger partial charge < -0.3 is 14.8 Å². The van der Waals surface area contributed by atoms with Crippen LogP contribution in [-0.2, 0) is 11.3 Å². The smallest absolute Gasteiger partial charge is 0.142 e. The van der Waals surface area contributed by atoms with Crippen LogP contribution in [0.2, 0.25) is 10.0 Å². The van der Waals surface area contributed by atoms with Crippen LogP contribution < -0.4 is 10.1 Å². The molecule has 1 aromatic carbocycles. The molecule has 0 spiro atoms. The number of halogens is 2. The molecule has 20 heavy (non-hydrogen) atoms. The van der Waals surface area contributed by atoms with Crippen molar-refractivity contribution in [2.75, 3.05) is 19.8 Å². The molecule has 0 amide bonds. The quantitative estimate of drug-likeness (QED) is 0.858. The Morgan fingerprint density at radius 2 is 2.20 bits per heavy atom. The van der Waals surface area contributed by atoms with Gasteiger partial charge in [0.25, 0.3) is 0 Å². The zero-order chi connectivity index (χ0) is 14.4. The largest absolute Gasteiger partial charge is 0.489 e. The molecule has 1 N–H and O–H groups in total. The van der Waals surface area contributed by atoms with Crippen LogP contribution in [0.4, 0.5) is 0 Å². The molecule has 1 saturated heterocycles. The van der Waals surface area contributed by atoms with Gasteiger partial charge in [0.15, 0.2) is 0 Å². The minimum Gasteiger partial charge on any atom is -0.489 e. The molecule has 5 heteroatoms. The lowest BCUT2D eigenvalue weighted by molar-refractivity contribution is -0.0112. The highest BCUT2D eigenvalue weighted by Crippen LogP contribution is 2.33. The Kier molecular flexibility index (Phi) is 6.43. The predicted octanol–water partition coefficient (Wildman–Crippen LogP) is 4.05. The van der Waals surface area contributed by atoms with Gasteiger partial charge in [0, 0.05) is 23.7 Å². The fourth-order valence-electron chi connectivity index (χ4n) is 2.28. The molecule has 0 aliphatic carbocycles. The van der Waals surface area contributed by atoms with Crippen LogP contribution in [0, 0.1) is 0 Å². The molecular weight excluding hydrogens is 297 g/mol. The highest BCUT2D eigenvalue weighted by atomic mass is 35.5. The number of benzene rings is 1. The van der Waals surface area contributed by atoms with E-state index in [2.05, 4.69) is 12.2 Å². The molecule has 3 nitrogen and oxygen atoms in total. The molecule has 0 bridgehead atoms. The van der Waals surface area contributed by atoms with Gasteiger partial charge in [-0.3, -0.25) is 0 Å². The van der Waals surface area contributed by atoms with E-state index in [-0.39, 0.29) is 6.10 Å². The first-order valence-corrected chi connectivity index (χ1v) is 7.89. The molecule has 2 rings (SSSR count). The molecule has 1 unspecified atom stereocenters. The van der Waals surface area contributed by atoms with Crippen LogP contribution in [0.15, 0.2) is 12.1 Å². The zero-order valence-corrected chi connectivity index (χ0v) is 13.3. The highest BCUT2D eigenvalue weighted by molar-refractivity contribution is 6.35. The molecule has 0 aromatic heterocycles. The second-order valence-corrected chi connectivity index (χ2v) is 5.80. The van der Waals surface area contributed by atoms with Gasteiger partial charge in [0.05, 0.1) is 11.1 Å². The van der Waals surface area contributed by atoms with E-state index >= 15 is 0 Å². The van der Waals surface area contributed by atoms with Crippen LogP contribution >= 0.6 is 23.2 Å². The van der Waals surface area contributed by atoms with Crippen molar-refractivity contribution in [3.63, 3.8) is 0 Å². The number of hydrogen-bond donors (Lipinski definition) is 1. The van der Waals surface area contributed by atoms with Crippen LogP contribution in [-0.4, -0.2) is 25.9 Å². The third kappa shape index (κ3) is 4.52. The molecule has 1 aliphatic rings. The highest BCUT2D eigenvalue weighted by Gasteiger charge is 2.17. The summed E-state index contributed by atoms with van der Waals surface area (Å²) < 4.78 is 11.6. The first-order chi connectivity index (χ1) is 9.70. The number of rotatable bonds is 6. The van der Waals surface area contributed by atoms with Gasteiger partial charge in [0.2, 0.25) is 0 Å². The summed E-state index contributed by atoms with van der Waals surface area (Å²) in [7, 11) is 0. The molecule has 1 aromatic rings. The van der Waals surface area contributed by atoms with Crippen molar-refractivity contribution in [1.82, 2.24) is 5.32 Å². The van der Waals surface area contributed by atoms with Crippen molar-refractivity contribution in [2.24, 2.45) is 0 Å². The summed E-state index contributed by atoms with van der Waals surface area (Å²) in [6.07, 6.45) is 3.56. The first kappa shape index (κ1) is 15.9. The Balaban J connectivity index is 2.04. The number of nitrogens with one attached hydrogen (secondary N) is 1. The van der Waals surface area contributed by atoms with Crippen LogP contribution in [0.1, 0.15) is 31.7 Å². The number of ether oxygens (including phenoxy) is 2. The lowest BCUT2D eigenvalue weighted by Crippen LogP contribution is -2.26. The molecular formula is C15H21Cl2NO2. The van der Waals surface area contributed by atoms with E-state index in [1.54, 1.807) is 6.07 Å². The standard InChI is InChI=1S/C15H21Cl2NO2/c1-2-18-9-11-7-12(16)8-14(17)15(11)20-10-13-5-3-4-6-19-13/h7-8,13,18H,2-6,9-10H2,1H3. The maximum Gasteiger partial charge on any atom is 0.142 e. The minimum absolute atomic E-state index is 0.169. The second kappa shape index (κ2) is 8.08. The first-order valence-electron chi connectivity index (χ1n) is 7.13. The third-order valence-corrected chi connectivity index (χ3v) is 3.84. The van der Waals surface area contributed by atoms with Gasteiger partial charge in [-0.25, -0.2) is 0 Å². The Bertz CT molecular complexity index is 434. The lowest BCUT2D eigenvalue weighted by atomic mass is 10.1. The van der Waals surface area contributed by atoms with Gasteiger partial charge in [-0.15, -0.1) is 0 Å². The topological polar surface area (TPSA) is 30.5 Å². The molecule has 0 saturated carbocycles. The zero-order valence-electron chi connectivity index (χ0n) is 11.8. The third-order valence-electron chi connectivity index (χ3n) is 3.34. The van der Waals surface area contributed by atoms with Crippen molar-refractivity contribution >= 4 is 23.2 Å². The normalized spacial score (nSPS) is 19.1. The van der Waals surface area contributed by atoms with Crippen molar-refractivity contribution < 1.29 is 9.47 Å². The van der Waals surface area contributed by atoms with Crippen LogP contribution in [0.5, 0.6) is 5.75 Å². The van der Waals surface area contributed by atoms with Gasteiger partial charge in [-0.1, -0.05) is 30.1 Å². The van der Waals surface area contributed by atoms with Crippen molar-refractivity contribution in [1.29, 1.82) is 0 Å². The molecule has 1 aliphatic heterocycles. The fourth-order valence-corrected chi connectivity index (χ4v) is 2.87. The summed E-state index contributed by atoms with van der Waals surface area (Å²) in [5, 5.41) is 4.45. The second-order valence-electron chi connectivity index (χ2n) is 4.96. The summed E-state index contributed by atoms with van der Waals surface area (Å²) >= 11 is 12.3. The van der Waals surface area contributed by atoms with E-state index < -0.39 is 0 Å². The van der Waals surface area contributed by atoms with Crippen molar-refractivity contribution in [3.05, 3.63) is 27.7 Å². The van der Waals surface area contributed by atoms with Gasteiger partial charge in [0.1, 0.15) is 12.4 Å². The Hall–Kier alpha value is -0.480. The molecule has 112 valence electrons. The summed E-state index contributed by atoms with van der Waals surface area (Å²) in [4.78, 5) is 0. The van der Waals surface area contributed by atoms with E-state index in [1.165, 1.54) is 6.42 Å². The van der Waals surface area contributed by atoms with Crippen molar-refractivity contribution in [3.8, 4) is 5.75 Å². The van der Waals surface area contributed by atoms with Gasteiger partial charge >= 0.3 is 0 Å². The molecule has 1 fully saturated rings. The predicted molar refractivity (Wildman–Crippen MR) is 82.9 cm³/mol. The average molecular weight is 318 g/mol. The Morgan fingerprint density at radius 3 is 2.90 bits per heavy atom. The van der Waals surface area contributed by atoms with E-state index in [9.17, 15) is 0 Å². The van der Waals surface area contributed by atoms with E-state index in [4.69, 9.17) is 32.7 Å². The maximum absolute atomic E-state index is 6.25. The summed E-state index contributed by atoms with van der Waals surface area (Å²) in [5.74, 6) is 0.714. The Labute approximate surface area is 130 Å². The summed E-state index contributed by atoms with van der Waals surface area (Å²) in [6, 6.07) is 3.61. The Morgan fingerprint density at radius 1 is 1.35 bits per heavy atom. The molecule has 0 radical (unpaired) electrons. The fraction of sp³-hybridized carbons (Fsp3) is 0.600. The molecule has 1 heterocycles. The lowest BCUT2D eigenvalue weighted by Gasteiger charge is -2.23. The maximum atomic E-state index is 6.25. The van der Waals surface area contributed by atoms with Crippen LogP contribution in [0.3, 0.4) is 0 Å². The minimum atomic E-state index is 0.169. The SMILES string of the molecule is CCNCc1cc(Cl)cc(Cl)c1OCC1CCCCO1. The summed E-state index contributed by atoms with van der Waals surface area (Å²) in [6.45, 7) is 5.00. The monoisotopic (exact) mass is 317 g/mol. The number of hydrogen-bond acceptors (Lipinski definition) is 3. The van der Waals surface area contributed by atoms with Crippen molar-refractivity contribution in [2.45, 2.75) is 38.8 Å².